The van der Waals surface area contributed by atoms with Crippen LogP contribution < -0.4 is 4.74 Å². The molecule has 5 rings (SSSR count). The number of hydrogen-bond acceptors (Lipinski definition) is 11. The van der Waals surface area contributed by atoms with Gasteiger partial charge in [0, 0.05) is 23.6 Å². The Labute approximate surface area is 236 Å². The van der Waals surface area contributed by atoms with Crippen molar-refractivity contribution < 1.29 is 53.4 Å². The van der Waals surface area contributed by atoms with E-state index in [1.165, 1.54) is 13.8 Å². The van der Waals surface area contributed by atoms with Gasteiger partial charge in [-0.2, -0.15) is 0 Å². The van der Waals surface area contributed by atoms with Gasteiger partial charge in [-0.25, -0.2) is 9.59 Å². The maximum Gasteiger partial charge on any atom is 0.347 e. The molecule has 0 radical (unpaired) electrons. The molecular weight excluding hydrogens is 538 g/mol. The highest BCUT2D eigenvalue weighted by Gasteiger charge is 2.70. The van der Waals surface area contributed by atoms with Crippen molar-refractivity contribution in [1.82, 2.24) is 4.90 Å². The number of hydrogen-bond donors (Lipinski definition) is 3. The van der Waals surface area contributed by atoms with E-state index >= 15 is 0 Å². The van der Waals surface area contributed by atoms with Gasteiger partial charge in [-0.15, -0.1) is 0 Å². The molecule has 0 unspecified atom stereocenters. The van der Waals surface area contributed by atoms with Crippen molar-refractivity contribution in [2.75, 3.05) is 13.6 Å². The Morgan fingerprint density at radius 2 is 1.85 bits per heavy atom. The lowest BCUT2D eigenvalue weighted by atomic mass is 9.52. The molecule has 2 heterocycles. The van der Waals surface area contributed by atoms with Crippen LogP contribution in [0.1, 0.15) is 62.6 Å². The Morgan fingerprint density at radius 1 is 1.12 bits per heavy atom. The molecule has 1 fully saturated rings. The number of aliphatic hydroxyl groups excluding tert-OH is 1. The van der Waals surface area contributed by atoms with Crippen molar-refractivity contribution in [1.29, 1.82) is 0 Å². The maximum atomic E-state index is 12.9. The lowest BCUT2D eigenvalue weighted by molar-refractivity contribution is -0.175. The van der Waals surface area contributed by atoms with E-state index in [1.54, 1.807) is 6.08 Å². The Morgan fingerprint density at radius 3 is 2.56 bits per heavy atom. The van der Waals surface area contributed by atoms with Crippen LogP contribution >= 0.6 is 0 Å². The van der Waals surface area contributed by atoms with Gasteiger partial charge in [-0.1, -0.05) is 12.1 Å². The van der Waals surface area contributed by atoms with Gasteiger partial charge in [0.2, 0.25) is 0 Å². The maximum absolute atomic E-state index is 12.9. The molecule has 2 aliphatic carbocycles. The molecule has 0 saturated carbocycles. The number of ether oxygens (including phenoxy) is 4. The first-order chi connectivity index (χ1) is 19.4. The zero-order valence-corrected chi connectivity index (χ0v) is 23.3. The molecule has 6 atom stereocenters. The normalized spacial score (nSPS) is 29.1. The van der Waals surface area contributed by atoms with Crippen LogP contribution in [-0.4, -0.2) is 87.6 Å². The molecule has 0 amide bonds. The molecule has 12 heteroatoms. The lowest BCUT2D eigenvalue weighted by Crippen LogP contribution is -2.69. The van der Waals surface area contributed by atoms with Crippen LogP contribution in [0.3, 0.4) is 0 Å². The number of rotatable bonds is 9. The molecule has 4 aliphatic rings. The van der Waals surface area contributed by atoms with E-state index in [1.807, 2.05) is 19.2 Å². The number of benzene rings is 1. The highest BCUT2D eigenvalue weighted by atomic mass is 16.6. The fourth-order valence-electron chi connectivity index (χ4n) is 6.90. The molecule has 0 aromatic heterocycles. The fraction of sp³-hybridized carbons (Fsp3) is 0.586. The Bertz CT molecular complexity index is 1310. The summed E-state index contributed by atoms with van der Waals surface area (Å²) in [4.78, 5) is 50.1. The molecule has 12 nitrogen and oxygen atoms in total. The third kappa shape index (κ3) is 4.67. The Hall–Kier alpha value is -3.48. The highest BCUT2D eigenvalue weighted by Crippen LogP contribution is 2.64. The molecule has 41 heavy (non-hydrogen) atoms. The largest absolute Gasteiger partial charge is 0.481 e. The van der Waals surface area contributed by atoms with Crippen LogP contribution in [0.25, 0.3) is 0 Å². The molecule has 1 spiro atoms. The first-order valence-electron chi connectivity index (χ1n) is 13.8. The summed E-state index contributed by atoms with van der Waals surface area (Å²) in [5.74, 6) is -3.15. The van der Waals surface area contributed by atoms with Gasteiger partial charge in [-0.05, 0) is 58.3 Å². The summed E-state index contributed by atoms with van der Waals surface area (Å²) in [6.45, 7) is 2.96. The third-order valence-corrected chi connectivity index (χ3v) is 8.89. The number of carboxylic acid groups (broad SMARTS) is 1. The SMILES string of the molecule is C[C@H](OC(=O)[C@H](C)OC(=O)CCC(=O)OC1=CC[C@@]2(O)[C@H]3Cc4ccc(CO)c5c4[C@@]2(CCCN3C)[C@H]1O5)C(=O)O. The third-order valence-electron chi connectivity index (χ3n) is 8.89. The first-order valence-corrected chi connectivity index (χ1v) is 13.8. The summed E-state index contributed by atoms with van der Waals surface area (Å²) < 4.78 is 21.9. The van der Waals surface area contributed by atoms with Gasteiger partial charge in [0.25, 0.3) is 0 Å². The summed E-state index contributed by atoms with van der Waals surface area (Å²) >= 11 is 0. The van der Waals surface area contributed by atoms with E-state index < -0.39 is 53.2 Å². The minimum absolute atomic E-state index is 0.176. The minimum atomic E-state index is -1.40. The second-order valence-corrected chi connectivity index (χ2v) is 11.3. The number of esters is 3. The van der Waals surface area contributed by atoms with Crippen LogP contribution in [0.15, 0.2) is 24.0 Å². The topological polar surface area (TPSA) is 169 Å². The van der Waals surface area contributed by atoms with Crippen molar-refractivity contribution in [3.8, 4) is 5.75 Å². The summed E-state index contributed by atoms with van der Waals surface area (Å²) in [6, 6.07) is 3.64. The van der Waals surface area contributed by atoms with E-state index in [9.17, 15) is 29.4 Å². The molecule has 2 aliphatic heterocycles. The van der Waals surface area contributed by atoms with Gasteiger partial charge in [-0.3, -0.25) is 9.59 Å². The van der Waals surface area contributed by atoms with E-state index in [2.05, 4.69) is 4.90 Å². The van der Waals surface area contributed by atoms with E-state index in [-0.39, 0.29) is 37.7 Å². The minimum Gasteiger partial charge on any atom is -0.481 e. The molecule has 1 aromatic rings. The van der Waals surface area contributed by atoms with Crippen LogP contribution in [0.5, 0.6) is 5.75 Å². The predicted molar refractivity (Wildman–Crippen MR) is 140 cm³/mol. The fourth-order valence-corrected chi connectivity index (χ4v) is 6.90. The van der Waals surface area contributed by atoms with Gasteiger partial charge >= 0.3 is 23.9 Å². The quantitative estimate of drug-likeness (QED) is 0.285. The number of carbonyl (C=O) groups excluding carboxylic acids is 3. The van der Waals surface area contributed by atoms with Crippen molar-refractivity contribution >= 4 is 23.9 Å². The van der Waals surface area contributed by atoms with Gasteiger partial charge in [0.15, 0.2) is 18.3 Å². The summed E-state index contributed by atoms with van der Waals surface area (Å²) in [5, 5.41) is 31.3. The summed E-state index contributed by atoms with van der Waals surface area (Å²) in [5.41, 5.74) is 0.473. The number of carboxylic acids is 1. The Kier molecular flexibility index (Phi) is 7.60. The van der Waals surface area contributed by atoms with Crippen molar-refractivity contribution in [3.05, 3.63) is 40.7 Å². The summed E-state index contributed by atoms with van der Waals surface area (Å²) in [7, 11) is 2.01. The van der Waals surface area contributed by atoms with Crippen LogP contribution in [0.4, 0.5) is 0 Å². The second kappa shape index (κ2) is 10.7. The number of likely N-dealkylation sites (N-methyl/N-ethyl adjacent to an activating group) is 1. The van der Waals surface area contributed by atoms with Gasteiger partial charge in [0.05, 0.1) is 30.5 Å². The van der Waals surface area contributed by atoms with Crippen molar-refractivity contribution in [2.24, 2.45) is 0 Å². The van der Waals surface area contributed by atoms with E-state index in [4.69, 9.17) is 24.1 Å². The van der Waals surface area contributed by atoms with Gasteiger partial charge < -0.3 is 39.2 Å². The zero-order chi connectivity index (χ0) is 29.7. The standard InChI is InChI=1S/C29H35NO11/c1-15(26(34)35)39-27(36)16(2)38-21(32)7-8-22(33)40-19-9-11-29(37)20-13-17-5-6-18(14-31)24-23(17)28(29,25(19)41-24)10-4-12-30(20)3/h5-6,9,15-16,20,25,31,37H,4,7-8,10-14H2,1-3H3,(H,34,35)/t15-,16-,20+,25-,28-,29+/m0/s1. The monoisotopic (exact) mass is 573 g/mol. The van der Waals surface area contributed by atoms with E-state index in [0.29, 0.717) is 24.2 Å². The smallest absolute Gasteiger partial charge is 0.347 e. The predicted octanol–water partition coefficient (Wildman–Crippen LogP) is 1.12. The summed E-state index contributed by atoms with van der Waals surface area (Å²) in [6.07, 6.45) is -0.345. The van der Waals surface area contributed by atoms with Crippen molar-refractivity contribution in [2.45, 2.75) is 94.3 Å². The Balaban J connectivity index is 1.31. The van der Waals surface area contributed by atoms with Crippen molar-refractivity contribution in [3.63, 3.8) is 0 Å². The van der Waals surface area contributed by atoms with Crippen LogP contribution in [0, 0.1) is 0 Å². The number of aliphatic hydroxyl groups is 2. The molecule has 2 bridgehead atoms. The average molecular weight is 574 g/mol. The molecule has 1 aromatic carbocycles. The highest BCUT2D eigenvalue weighted by molar-refractivity contribution is 5.83. The number of carbonyl (C=O) groups is 4. The van der Waals surface area contributed by atoms with E-state index in [0.717, 1.165) is 24.1 Å². The van der Waals surface area contributed by atoms with Crippen LogP contribution in [-0.2, 0) is 51.8 Å². The van der Waals surface area contributed by atoms with Crippen LogP contribution in [0.2, 0.25) is 0 Å². The molecule has 3 N–H and O–H groups in total. The zero-order valence-electron chi connectivity index (χ0n) is 23.3. The van der Waals surface area contributed by atoms with Gasteiger partial charge in [0.1, 0.15) is 11.5 Å². The molecular formula is C29H35NO11. The number of likely N-dealkylation sites (tertiary alicyclic amines) is 1. The molecule has 222 valence electrons. The first kappa shape index (κ1) is 29.0. The molecule has 1 saturated heterocycles. The number of aliphatic carboxylic acids is 1. The number of nitrogens with zero attached hydrogens (tertiary/aromatic N) is 1. The average Bonchev–Trinajstić information content (AvgIpc) is 3.27. The lowest BCUT2D eigenvalue weighted by Gasteiger charge is -2.56. The second-order valence-electron chi connectivity index (χ2n) is 11.3.